The minimum atomic E-state index is -2.90. The van der Waals surface area contributed by atoms with Crippen LogP contribution >= 0.6 is 0 Å². The summed E-state index contributed by atoms with van der Waals surface area (Å²) >= 11 is 0. The number of rotatable bonds is 4. The Morgan fingerprint density at radius 1 is 1.18 bits per heavy atom. The van der Waals surface area contributed by atoms with Crippen LogP contribution in [0.25, 0.3) is 22.6 Å². The lowest BCUT2D eigenvalue weighted by molar-refractivity contribution is 0.346. The fourth-order valence-corrected chi connectivity index (χ4v) is 4.61. The van der Waals surface area contributed by atoms with E-state index in [-0.39, 0.29) is 0 Å². The first-order chi connectivity index (χ1) is 13.5. The normalized spacial score (nSPS) is 15.2. The predicted molar refractivity (Wildman–Crippen MR) is 109 cm³/mol. The predicted octanol–water partition coefficient (Wildman–Crippen LogP) is 2.21. The molecule has 1 saturated heterocycles. The second-order valence-corrected chi connectivity index (χ2v) is 8.63. The Morgan fingerprint density at radius 2 is 1.96 bits per heavy atom. The van der Waals surface area contributed by atoms with Crippen molar-refractivity contribution < 1.29 is 8.42 Å². The summed E-state index contributed by atoms with van der Waals surface area (Å²) in [6.07, 6.45) is 8.79. The van der Waals surface area contributed by atoms with E-state index in [1.54, 1.807) is 23.0 Å². The maximum Gasteiger partial charge on any atom is 0.214 e. The summed E-state index contributed by atoms with van der Waals surface area (Å²) in [6, 6.07) is 3.67. The second-order valence-electron chi connectivity index (χ2n) is 6.54. The van der Waals surface area contributed by atoms with Crippen molar-refractivity contribution in [1.82, 2.24) is 29.2 Å². The van der Waals surface area contributed by atoms with E-state index in [2.05, 4.69) is 24.9 Å². The van der Waals surface area contributed by atoms with Crippen molar-refractivity contribution in [2.75, 3.05) is 24.6 Å². The first-order valence-electron chi connectivity index (χ1n) is 9.36. The summed E-state index contributed by atoms with van der Waals surface area (Å²) in [7, 11) is -2.90. The second kappa shape index (κ2) is 9.07. The van der Waals surface area contributed by atoms with E-state index in [0.29, 0.717) is 28.6 Å². The van der Waals surface area contributed by atoms with Gasteiger partial charge in [0.1, 0.15) is 5.82 Å². The lowest BCUT2D eigenvalue weighted by atomic mass is 10.2. The van der Waals surface area contributed by atoms with Crippen LogP contribution in [0.2, 0.25) is 0 Å². The SMILES string of the molecule is CCCS(=O)(=O)N1CCCCC1.Nc1ncccc1-c1cnc2nc[nH]c2n1. The van der Waals surface area contributed by atoms with Crippen LogP contribution in [-0.2, 0) is 10.0 Å². The average molecular weight is 404 g/mol. The van der Waals surface area contributed by atoms with Gasteiger partial charge in [0, 0.05) is 24.8 Å². The molecule has 1 aliphatic heterocycles. The van der Waals surface area contributed by atoms with Crippen molar-refractivity contribution >= 4 is 27.1 Å². The molecule has 3 aromatic heterocycles. The molecule has 3 N–H and O–H groups in total. The van der Waals surface area contributed by atoms with Gasteiger partial charge in [-0.05, 0) is 31.4 Å². The molecule has 0 saturated carbocycles. The Hall–Kier alpha value is -2.59. The maximum atomic E-state index is 11.5. The van der Waals surface area contributed by atoms with E-state index in [9.17, 15) is 8.42 Å². The summed E-state index contributed by atoms with van der Waals surface area (Å²) in [5.41, 5.74) is 8.45. The summed E-state index contributed by atoms with van der Waals surface area (Å²) in [4.78, 5) is 19.4. The summed E-state index contributed by atoms with van der Waals surface area (Å²) < 4.78 is 24.7. The smallest absolute Gasteiger partial charge is 0.214 e. The highest BCUT2D eigenvalue weighted by atomic mass is 32.2. The number of imidazole rings is 1. The van der Waals surface area contributed by atoms with Gasteiger partial charge < -0.3 is 10.7 Å². The number of nitrogens with one attached hydrogen (secondary N) is 1. The highest BCUT2D eigenvalue weighted by Gasteiger charge is 2.22. The van der Waals surface area contributed by atoms with Crippen molar-refractivity contribution in [2.24, 2.45) is 0 Å². The van der Waals surface area contributed by atoms with Crippen molar-refractivity contribution in [3.63, 3.8) is 0 Å². The van der Waals surface area contributed by atoms with Gasteiger partial charge in [0.15, 0.2) is 11.3 Å². The molecule has 0 atom stereocenters. The molecule has 0 bridgehead atoms. The molecule has 4 heterocycles. The molecule has 150 valence electrons. The number of nitrogen functional groups attached to an aromatic ring is 1. The molecule has 0 spiro atoms. The van der Waals surface area contributed by atoms with Crippen LogP contribution < -0.4 is 5.73 Å². The zero-order chi connectivity index (χ0) is 20.0. The molecule has 0 aromatic carbocycles. The van der Waals surface area contributed by atoms with Crippen LogP contribution in [0.4, 0.5) is 5.82 Å². The number of nitrogens with two attached hydrogens (primary N) is 1. The van der Waals surface area contributed by atoms with Crippen molar-refractivity contribution in [3.05, 3.63) is 30.9 Å². The summed E-state index contributed by atoms with van der Waals surface area (Å²) in [5.74, 6) is 0.753. The van der Waals surface area contributed by atoms with Gasteiger partial charge in [-0.2, -0.15) is 0 Å². The molecule has 0 amide bonds. The van der Waals surface area contributed by atoms with E-state index in [1.807, 2.05) is 19.1 Å². The molecule has 0 radical (unpaired) electrons. The third-order valence-electron chi connectivity index (χ3n) is 4.43. The van der Waals surface area contributed by atoms with Crippen LogP contribution in [0, 0.1) is 0 Å². The van der Waals surface area contributed by atoms with E-state index in [1.165, 1.54) is 6.42 Å². The van der Waals surface area contributed by atoms with Crippen LogP contribution in [0.3, 0.4) is 0 Å². The lowest BCUT2D eigenvalue weighted by Crippen LogP contribution is -2.37. The topological polar surface area (TPSA) is 131 Å². The Kier molecular flexibility index (Phi) is 6.53. The summed E-state index contributed by atoms with van der Waals surface area (Å²) in [5, 5.41) is 0. The van der Waals surface area contributed by atoms with Crippen LogP contribution in [0.15, 0.2) is 30.9 Å². The minimum Gasteiger partial charge on any atom is -0.383 e. The number of piperidine rings is 1. The van der Waals surface area contributed by atoms with Gasteiger partial charge in [0.25, 0.3) is 0 Å². The quantitative estimate of drug-likeness (QED) is 0.683. The van der Waals surface area contributed by atoms with Gasteiger partial charge in [-0.1, -0.05) is 13.3 Å². The van der Waals surface area contributed by atoms with Crippen LogP contribution in [0.1, 0.15) is 32.6 Å². The molecule has 9 nitrogen and oxygen atoms in total. The number of aromatic amines is 1. The van der Waals surface area contributed by atoms with Crippen LogP contribution in [-0.4, -0.2) is 56.5 Å². The highest BCUT2D eigenvalue weighted by Crippen LogP contribution is 2.21. The molecule has 28 heavy (non-hydrogen) atoms. The van der Waals surface area contributed by atoms with Crippen molar-refractivity contribution in [1.29, 1.82) is 0 Å². The number of pyridine rings is 1. The highest BCUT2D eigenvalue weighted by molar-refractivity contribution is 7.89. The van der Waals surface area contributed by atoms with Gasteiger partial charge in [-0.15, -0.1) is 0 Å². The number of anilines is 1. The fourth-order valence-electron chi connectivity index (χ4n) is 3.02. The molecule has 4 rings (SSSR count). The number of aromatic nitrogens is 5. The number of sulfonamides is 1. The number of fused-ring (bicyclic) bond motifs is 1. The lowest BCUT2D eigenvalue weighted by Gasteiger charge is -2.25. The third-order valence-corrected chi connectivity index (χ3v) is 6.50. The first kappa shape index (κ1) is 20.2. The molecular weight excluding hydrogens is 378 g/mol. The van der Waals surface area contributed by atoms with E-state index in [0.717, 1.165) is 37.9 Å². The zero-order valence-corrected chi connectivity index (χ0v) is 16.7. The standard InChI is InChI=1S/C10H8N6.C8H17NO2S/c11-8-6(2-1-3-12-8)7-4-13-9-10(16-7)15-5-14-9;1-2-8-12(10,11)9-6-4-3-5-7-9/h1-5H,(H2,11,12)(H,13,14,15,16);2-8H2,1H3. The minimum absolute atomic E-state index is 0.312. The molecule has 0 unspecified atom stereocenters. The maximum absolute atomic E-state index is 11.5. The molecule has 0 aliphatic carbocycles. The molecular formula is C18H25N7O2S. The number of H-pyrrole nitrogens is 1. The summed E-state index contributed by atoms with van der Waals surface area (Å²) in [6.45, 7) is 3.38. The average Bonchev–Trinajstić information content (AvgIpc) is 3.17. The Bertz CT molecular complexity index is 1010. The largest absolute Gasteiger partial charge is 0.383 e. The van der Waals surface area contributed by atoms with Gasteiger partial charge >= 0.3 is 0 Å². The van der Waals surface area contributed by atoms with Gasteiger partial charge in [0.2, 0.25) is 10.0 Å². The first-order valence-corrected chi connectivity index (χ1v) is 11.0. The van der Waals surface area contributed by atoms with E-state index in [4.69, 9.17) is 5.73 Å². The zero-order valence-electron chi connectivity index (χ0n) is 15.9. The molecule has 10 heteroatoms. The van der Waals surface area contributed by atoms with E-state index >= 15 is 0 Å². The Labute approximate surface area is 164 Å². The third kappa shape index (κ3) is 4.82. The Morgan fingerprint density at radius 3 is 2.68 bits per heavy atom. The van der Waals surface area contributed by atoms with Crippen molar-refractivity contribution in [3.8, 4) is 11.3 Å². The molecule has 1 aliphatic rings. The number of hydrogen-bond donors (Lipinski definition) is 2. The molecule has 1 fully saturated rings. The molecule has 3 aromatic rings. The monoisotopic (exact) mass is 403 g/mol. The van der Waals surface area contributed by atoms with Crippen LogP contribution in [0.5, 0.6) is 0 Å². The van der Waals surface area contributed by atoms with Gasteiger partial charge in [-0.3, -0.25) is 0 Å². The van der Waals surface area contributed by atoms with Crippen molar-refractivity contribution in [2.45, 2.75) is 32.6 Å². The van der Waals surface area contributed by atoms with E-state index < -0.39 is 10.0 Å². The Balaban J connectivity index is 0.000000169. The van der Waals surface area contributed by atoms with Gasteiger partial charge in [-0.25, -0.2) is 32.7 Å². The number of hydrogen-bond acceptors (Lipinski definition) is 7. The van der Waals surface area contributed by atoms with Gasteiger partial charge in [0.05, 0.1) is 24.0 Å². The number of nitrogens with zero attached hydrogens (tertiary/aromatic N) is 5. The fraction of sp³-hybridized carbons (Fsp3) is 0.444.